The van der Waals surface area contributed by atoms with E-state index < -0.39 is 5.41 Å². The van der Waals surface area contributed by atoms with Crippen LogP contribution in [0.25, 0.3) is 0 Å². The molecule has 0 aliphatic heterocycles. The first kappa shape index (κ1) is 13.2. The SMILES string of the molecule is CCCCC(CO)(CO)c1cccc(C)c1. The van der Waals surface area contributed by atoms with Crippen LogP contribution in [0.2, 0.25) is 0 Å². The van der Waals surface area contributed by atoms with Crippen LogP contribution in [0.1, 0.15) is 37.3 Å². The van der Waals surface area contributed by atoms with Gasteiger partial charge in [-0.15, -0.1) is 0 Å². The number of hydrogen-bond donors (Lipinski definition) is 2. The fraction of sp³-hybridized carbons (Fsp3) is 0.571. The van der Waals surface area contributed by atoms with Crippen LogP contribution in [0.3, 0.4) is 0 Å². The molecule has 0 aliphatic rings. The maximum atomic E-state index is 9.59. The maximum Gasteiger partial charge on any atom is 0.0550 e. The van der Waals surface area contributed by atoms with Crippen molar-refractivity contribution in [2.75, 3.05) is 13.2 Å². The molecule has 1 aromatic rings. The molecule has 0 bridgehead atoms. The van der Waals surface area contributed by atoms with Gasteiger partial charge in [0.2, 0.25) is 0 Å². The second kappa shape index (κ2) is 6.02. The van der Waals surface area contributed by atoms with E-state index in [9.17, 15) is 10.2 Å². The lowest BCUT2D eigenvalue weighted by Crippen LogP contribution is -2.34. The van der Waals surface area contributed by atoms with Crippen LogP contribution in [-0.4, -0.2) is 23.4 Å². The van der Waals surface area contributed by atoms with Crippen molar-refractivity contribution in [1.82, 2.24) is 0 Å². The van der Waals surface area contributed by atoms with Gasteiger partial charge in [-0.25, -0.2) is 0 Å². The molecule has 0 fully saturated rings. The summed E-state index contributed by atoms with van der Waals surface area (Å²) < 4.78 is 0. The van der Waals surface area contributed by atoms with Gasteiger partial charge in [-0.3, -0.25) is 0 Å². The second-order valence-electron chi connectivity index (χ2n) is 4.57. The minimum Gasteiger partial charge on any atom is -0.395 e. The highest BCUT2D eigenvalue weighted by Gasteiger charge is 2.30. The fourth-order valence-electron chi connectivity index (χ4n) is 2.03. The summed E-state index contributed by atoms with van der Waals surface area (Å²) in [7, 11) is 0. The highest BCUT2D eigenvalue weighted by Crippen LogP contribution is 2.29. The third-order valence-corrected chi connectivity index (χ3v) is 3.24. The molecule has 0 saturated carbocycles. The van der Waals surface area contributed by atoms with Crippen molar-refractivity contribution in [1.29, 1.82) is 0 Å². The number of aliphatic hydroxyl groups is 2. The van der Waals surface area contributed by atoms with Crippen molar-refractivity contribution in [3.63, 3.8) is 0 Å². The van der Waals surface area contributed by atoms with Crippen molar-refractivity contribution in [3.8, 4) is 0 Å². The zero-order valence-corrected chi connectivity index (χ0v) is 10.2. The van der Waals surface area contributed by atoms with Gasteiger partial charge < -0.3 is 10.2 Å². The molecule has 0 saturated heterocycles. The molecule has 0 aromatic heterocycles. The van der Waals surface area contributed by atoms with Gasteiger partial charge in [0.15, 0.2) is 0 Å². The number of hydrogen-bond acceptors (Lipinski definition) is 2. The first-order valence-electron chi connectivity index (χ1n) is 5.97. The molecule has 16 heavy (non-hydrogen) atoms. The predicted octanol–water partition coefficient (Wildman–Crippen LogP) is 2.41. The van der Waals surface area contributed by atoms with E-state index in [4.69, 9.17) is 0 Å². The average molecular weight is 222 g/mol. The van der Waals surface area contributed by atoms with E-state index in [2.05, 4.69) is 13.0 Å². The molecule has 2 nitrogen and oxygen atoms in total. The lowest BCUT2D eigenvalue weighted by molar-refractivity contribution is 0.107. The molecule has 1 rings (SSSR count). The minimum absolute atomic E-state index is 0.00690. The molecule has 2 heteroatoms. The van der Waals surface area contributed by atoms with E-state index in [1.165, 1.54) is 5.56 Å². The molecular formula is C14H22O2. The summed E-state index contributed by atoms with van der Waals surface area (Å²) in [6.45, 7) is 4.17. The maximum absolute atomic E-state index is 9.59. The minimum atomic E-state index is -0.470. The van der Waals surface area contributed by atoms with Crippen molar-refractivity contribution >= 4 is 0 Å². The van der Waals surface area contributed by atoms with Gasteiger partial charge in [0.1, 0.15) is 0 Å². The van der Waals surface area contributed by atoms with E-state index in [-0.39, 0.29) is 13.2 Å². The lowest BCUT2D eigenvalue weighted by Gasteiger charge is -2.30. The Kier molecular flexibility index (Phi) is 4.97. The summed E-state index contributed by atoms with van der Waals surface area (Å²) in [4.78, 5) is 0. The van der Waals surface area contributed by atoms with Crippen LogP contribution < -0.4 is 0 Å². The number of rotatable bonds is 6. The van der Waals surface area contributed by atoms with E-state index in [1.807, 2.05) is 25.1 Å². The molecule has 0 aliphatic carbocycles. The second-order valence-corrected chi connectivity index (χ2v) is 4.57. The third-order valence-electron chi connectivity index (χ3n) is 3.24. The van der Waals surface area contributed by atoms with E-state index >= 15 is 0 Å². The molecule has 1 aromatic carbocycles. The van der Waals surface area contributed by atoms with Crippen LogP contribution in [0.4, 0.5) is 0 Å². The summed E-state index contributed by atoms with van der Waals surface area (Å²) in [5, 5.41) is 19.2. The molecule has 0 amide bonds. The van der Waals surface area contributed by atoms with Gasteiger partial charge in [-0.2, -0.15) is 0 Å². The number of aliphatic hydroxyl groups excluding tert-OH is 2. The van der Waals surface area contributed by atoms with E-state index in [0.29, 0.717) is 0 Å². The first-order valence-corrected chi connectivity index (χ1v) is 5.97. The van der Waals surface area contributed by atoms with Gasteiger partial charge >= 0.3 is 0 Å². The molecule has 0 radical (unpaired) electrons. The Balaban J connectivity index is 2.99. The quantitative estimate of drug-likeness (QED) is 0.776. The van der Waals surface area contributed by atoms with Gasteiger partial charge in [-0.05, 0) is 18.9 Å². The zero-order chi connectivity index (χ0) is 12.0. The Morgan fingerprint density at radius 3 is 2.38 bits per heavy atom. The largest absolute Gasteiger partial charge is 0.395 e. The van der Waals surface area contributed by atoms with Gasteiger partial charge in [-0.1, -0.05) is 49.6 Å². The zero-order valence-electron chi connectivity index (χ0n) is 10.2. The molecule has 0 heterocycles. The van der Waals surface area contributed by atoms with Gasteiger partial charge in [0.25, 0.3) is 0 Å². The van der Waals surface area contributed by atoms with E-state index in [0.717, 1.165) is 24.8 Å². The molecule has 0 unspecified atom stereocenters. The van der Waals surface area contributed by atoms with Crippen LogP contribution in [0, 0.1) is 6.92 Å². The fourth-order valence-corrected chi connectivity index (χ4v) is 2.03. The van der Waals surface area contributed by atoms with Crippen molar-refractivity contribution in [2.24, 2.45) is 0 Å². The van der Waals surface area contributed by atoms with Gasteiger partial charge in [0, 0.05) is 5.41 Å². The molecule has 0 spiro atoms. The Morgan fingerprint density at radius 1 is 1.19 bits per heavy atom. The molecule has 0 atom stereocenters. The predicted molar refractivity (Wildman–Crippen MR) is 66.6 cm³/mol. The van der Waals surface area contributed by atoms with Crippen LogP contribution in [0.15, 0.2) is 24.3 Å². The van der Waals surface area contributed by atoms with Crippen LogP contribution >= 0.6 is 0 Å². The van der Waals surface area contributed by atoms with Crippen molar-refractivity contribution in [3.05, 3.63) is 35.4 Å². The summed E-state index contributed by atoms with van der Waals surface area (Å²) in [5.41, 5.74) is 1.74. The smallest absolute Gasteiger partial charge is 0.0550 e. The number of benzene rings is 1. The Hall–Kier alpha value is -0.860. The Labute approximate surface area is 97.9 Å². The topological polar surface area (TPSA) is 40.5 Å². The Bertz CT molecular complexity index is 316. The normalized spacial score (nSPS) is 11.8. The van der Waals surface area contributed by atoms with Crippen LogP contribution in [-0.2, 0) is 5.41 Å². The van der Waals surface area contributed by atoms with Crippen LogP contribution in [0.5, 0.6) is 0 Å². The summed E-state index contributed by atoms with van der Waals surface area (Å²) in [5.74, 6) is 0. The first-order chi connectivity index (χ1) is 7.68. The summed E-state index contributed by atoms with van der Waals surface area (Å²) in [6, 6.07) is 8.07. The highest BCUT2D eigenvalue weighted by molar-refractivity contribution is 5.30. The van der Waals surface area contributed by atoms with E-state index in [1.54, 1.807) is 0 Å². The highest BCUT2D eigenvalue weighted by atomic mass is 16.3. The molecular weight excluding hydrogens is 200 g/mol. The standard InChI is InChI=1S/C14H22O2/c1-3-4-8-14(10-15,11-16)13-7-5-6-12(2)9-13/h5-7,9,15-16H,3-4,8,10-11H2,1-2H3. The number of unbranched alkanes of at least 4 members (excludes halogenated alkanes) is 1. The Morgan fingerprint density at radius 2 is 1.88 bits per heavy atom. The molecule has 2 N–H and O–H groups in total. The molecule has 90 valence electrons. The summed E-state index contributed by atoms with van der Waals surface area (Å²) in [6.07, 6.45) is 2.93. The lowest BCUT2D eigenvalue weighted by atomic mass is 9.77. The van der Waals surface area contributed by atoms with Gasteiger partial charge in [0.05, 0.1) is 13.2 Å². The number of aryl methyl sites for hydroxylation is 1. The third kappa shape index (κ3) is 2.83. The monoisotopic (exact) mass is 222 g/mol. The average Bonchev–Trinajstić information content (AvgIpc) is 2.31. The summed E-state index contributed by atoms with van der Waals surface area (Å²) >= 11 is 0. The van der Waals surface area contributed by atoms with Crippen molar-refractivity contribution < 1.29 is 10.2 Å². The van der Waals surface area contributed by atoms with Crippen molar-refractivity contribution in [2.45, 2.75) is 38.5 Å².